The lowest BCUT2D eigenvalue weighted by molar-refractivity contribution is 0.482. The van der Waals surface area contributed by atoms with Crippen LogP contribution < -0.4 is 4.74 Å². The van der Waals surface area contributed by atoms with E-state index in [9.17, 15) is 0 Å². The Morgan fingerprint density at radius 1 is 0.635 bits per heavy atom. The van der Waals surface area contributed by atoms with Gasteiger partial charge in [0.05, 0.1) is 28.3 Å². The summed E-state index contributed by atoms with van der Waals surface area (Å²) in [4.78, 5) is 9.74. The molecule has 0 aliphatic carbocycles. The first-order chi connectivity index (χ1) is 25.4. The van der Waals surface area contributed by atoms with Crippen LogP contribution in [0.3, 0.4) is 0 Å². The minimum Gasteiger partial charge on any atom is -0.456 e. The van der Waals surface area contributed by atoms with Crippen molar-refractivity contribution in [2.24, 2.45) is 11.8 Å². The van der Waals surface area contributed by atoms with Crippen LogP contribution in [0.25, 0.3) is 66.5 Å². The number of aromatic nitrogens is 6. The minimum absolute atomic E-state index is 0.500. The van der Waals surface area contributed by atoms with Crippen molar-refractivity contribution >= 4 is 49.3 Å². The van der Waals surface area contributed by atoms with Crippen LogP contribution in [-0.2, 0) is 12.8 Å². The SMILES string of the molecule is Cc1cccc2c1c1ncc(Oc3ccc4c5ccccc5n(-c5ccccn5)c4c3)cc1c1nnc(-c3c(CC(C)C)cccc3CC(C)C)n21. The zero-order chi connectivity index (χ0) is 35.5. The second-order valence-corrected chi connectivity index (χ2v) is 14.7. The first-order valence-corrected chi connectivity index (χ1v) is 18.2. The highest BCUT2D eigenvalue weighted by Crippen LogP contribution is 2.39. The Bertz CT molecular complexity index is 2770. The number of ether oxygens (including phenoxy) is 1. The summed E-state index contributed by atoms with van der Waals surface area (Å²) in [6.07, 6.45) is 5.57. The standard InChI is InChI=1S/C45H40N6O/c1-27(2)22-30-13-11-14-31(23-28(3)4)42(30)45-49-48-44-36-24-33(26-47-43(36)41-29(5)12-10-17-38(41)51(44)45)52-32-19-20-35-34-15-6-7-16-37(34)50(39(35)25-32)40-18-8-9-21-46-40/h6-21,24-28H,22-23H2,1-5H3. The molecular weight excluding hydrogens is 641 g/mol. The summed E-state index contributed by atoms with van der Waals surface area (Å²) in [6.45, 7) is 11.2. The van der Waals surface area contributed by atoms with Gasteiger partial charge in [0.15, 0.2) is 11.5 Å². The topological polar surface area (TPSA) is 70.1 Å². The fraction of sp³-hybridized carbons (Fsp3) is 0.200. The van der Waals surface area contributed by atoms with E-state index in [-0.39, 0.29) is 0 Å². The molecule has 0 bridgehead atoms. The molecule has 0 atom stereocenters. The van der Waals surface area contributed by atoms with E-state index < -0.39 is 0 Å². The number of rotatable bonds is 8. The molecule has 52 heavy (non-hydrogen) atoms. The third-order valence-electron chi connectivity index (χ3n) is 9.97. The molecule has 0 radical (unpaired) electrons. The zero-order valence-corrected chi connectivity index (χ0v) is 30.1. The summed E-state index contributed by atoms with van der Waals surface area (Å²) in [7, 11) is 0. The number of nitrogens with zero attached hydrogens (tertiary/aromatic N) is 6. The fourth-order valence-electron chi connectivity index (χ4n) is 7.91. The maximum absolute atomic E-state index is 6.64. The van der Waals surface area contributed by atoms with Crippen molar-refractivity contribution < 1.29 is 4.74 Å². The molecule has 5 aromatic heterocycles. The maximum atomic E-state index is 6.64. The van der Waals surface area contributed by atoms with Gasteiger partial charge in [-0.1, -0.05) is 82.3 Å². The van der Waals surface area contributed by atoms with Gasteiger partial charge in [-0.3, -0.25) is 14.0 Å². The predicted octanol–water partition coefficient (Wildman–Crippen LogP) is 11.1. The number of hydrogen-bond donors (Lipinski definition) is 0. The van der Waals surface area contributed by atoms with E-state index in [1.807, 2.05) is 36.7 Å². The lowest BCUT2D eigenvalue weighted by Gasteiger charge is -2.18. The van der Waals surface area contributed by atoms with Gasteiger partial charge >= 0.3 is 0 Å². The summed E-state index contributed by atoms with van der Waals surface area (Å²) >= 11 is 0. The Morgan fingerprint density at radius 2 is 1.37 bits per heavy atom. The van der Waals surface area contributed by atoms with Crippen LogP contribution in [0.15, 0.2) is 116 Å². The van der Waals surface area contributed by atoms with E-state index in [0.717, 1.165) is 73.9 Å². The van der Waals surface area contributed by atoms with Gasteiger partial charge < -0.3 is 4.74 Å². The van der Waals surface area contributed by atoms with Crippen molar-refractivity contribution in [1.29, 1.82) is 0 Å². The molecule has 4 aromatic carbocycles. The highest BCUT2D eigenvalue weighted by molar-refractivity contribution is 6.12. The minimum atomic E-state index is 0.500. The van der Waals surface area contributed by atoms with E-state index in [2.05, 4.69) is 127 Å². The Hall–Kier alpha value is -6.08. The van der Waals surface area contributed by atoms with Crippen molar-refractivity contribution in [3.63, 3.8) is 0 Å². The normalized spacial score (nSPS) is 12.1. The highest BCUT2D eigenvalue weighted by atomic mass is 16.5. The average molecular weight is 681 g/mol. The monoisotopic (exact) mass is 680 g/mol. The molecule has 9 aromatic rings. The molecule has 0 saturated heterocycles. The van der Waals surface area contributed by atoms with Crippen LogP contribution in [0.5, 0.6) is 11.5 Å². The van der Waals surface area contributed by atoms with Gasteiger partial charge in [0, 0.05) is 39.4 Å². The summed E-state index contributed by atoms with van der Waals surface area (Å²) in [6, 6.07) is 35.9. The van der Waals surface area contributed by atoms with Gasteiger partial charge in [0.1, 0.15) is 17.3 Å². The highest BCUT2D eigenvalue weighted by Gasteiger charge is 2.23. The molecule has 0 amide bonds. The molecule has 256 valence electrons. The quantitative estimate of drug-likeness (QED) is 0.149. The second-order valence-electron chi connectivity index (χ2n) is 14.7. The van der Waals surface area contributed by atoms with Gasteiger partial charge in [0.25, 0.3) is 0 Å². The van der Waals surface area contributed by atoms with Gasteiger partial charge in [-0.25, -0.2) is 4.98 Å². The molecule has 0 unspecified atom stereocenters. The molecule has 7 heteroatoms. The van der Waals surface area contributed by atoms with Crippen LogP contribution >= 0.6 is 0 Å². The second kappa shape index (κ2) is 12.6. The Labute approximate surface area is 302 Å². The molecule has 0 spiro atoms. The molecule has 9 rings (SSSR count). The molecule has 0 aliphatic heterocycles. The predicted molar refractivity (Wildman–Crippen MR) is 212 cm³/mol. The Morgan fingerprint density at radius 3 is 2.13 bits per heavy atom. The first-order valence-electron chi connectivity index (χ1n) is 18.2. The fourth-order valence-corrected chi connectivity index (χ4v) is 7.91. The summed E-state index contributed by atoms with van der Waals surface area (Å²) in [5.41, 5.74) is 9.76. The number of para-hydroxylation sites is 1. The summed E-state index contributed by atoms with van der Waals surface area (Å²) in [5.74, 6) is 4.08. The molecule has 0 aliphatic rings. The lowest BCUT2D eigenvalue weighted by Crippen LogP contribution is -2.06. The Balaban J connectivity index is 1.23. The van der Waals surface area contributed by atoms with Crippen molar-refractivity contribution in [2.75, 3.05) is 0 Å². The lowest BCUT2D eigenvalue weighted by atomic mass is 9.90. The number of aryl methyl sites for hydroxylation is 1. The Kier molecular flexibility index (Phi) is 7.72. The van der Waals surface area contributed by atoms with Gasteiger partial charge in [0.2, 0.25) is 0 Å². The van der Waals surface area contributed by atoms with Crippen molar-refractivity contribution in [3.05, 3.63) is 132 Å². The van der Waals surface area contributed by atoms with E-state index in [4.69, 9.17) is 19.9 Å². The van der Waals surface area contributed by atoms with E-state index in [1.54, 1.807) is 0 Å². The van der Waals surface area contributed by atoms with E-state index in [0.29, 0.717) is 23.3 Å². The largest absolute Gasteiger partial charge is 0.456 e. The third-order valence-corrected chi connectivity index (χ3v) is 9.97. The van der Waals surface area contributed by atoms with Crippen LogP contribution in [-0.4, -0.2) is 29.1 Å². The van der Waals surface area contributed by atoms with Crippen LogP contribution in [0.4, 0.5) is 0 Å². The van der Waals surface area contributed by atoms with E-state index >= 15 is 0 Å². The van der Waals surface area contributed by atoms with Crippen molar-refractivity contribution in [2.45, 2.75) is 47.5 Å². The third kappa shape index (κ3) is 5.27. The van der Waals surface area contributed by atoms with Gasteiger partial charge in [-0.2, -0.15) is 0 Å². The van der Waals surface area contributed by atoms with Gasteiger partial charge in [-0.05, 0) is 90.8 Å². The molecule has 5 heterocycles. The smallest absolute Gasteiger partial charge is 0.171 e. The van der Waals surface area contributed by atoms with E-state index in [1.165, 1.54) is 22.1 Å². The molecule has 7 nitrogen and oxygen atoms in total. The van der Waals surface area contributed by atoms with Crippen molar-refractivity contribution in [1.82, 2.24) is 29.1 Å². The molecular formula is C45H40N6O. The van der Waals surface area contributed by atoms with Crippen molar-refractivity contribution in [3.8, 4) is 28.7 Å². The van der Waals surface area contributed by atoms with Crippen LogP contribution in [0.1, 0.15) is 44.4 Å². The average Bonchev–Trinajstić information content (AvgIpc) is 3.72. The summed E-state index contributed by atoms with van der Waals surface area (Å²) in [5, 5.41) is 14.2. The number of benzene rings is 4. The number of hydrogen-bond acceptors (Lipinski definition) is 5. The molecule has 0 saturated carbocycles. The maximum Gasteiger partial charge on any atom is 0.171 e. The van der Waals surface area contributed by atoms with Crippen LogP contribution in [0, 0.1) is 18.8 Å². The van der Waals surface area contributed by atoms with Gasteiger partial charge in [-0.15, -0.1) is 10.2 Å². The molecule has 0 fully saturated rings. The summed E-state index contributed by atoms with van der Waals surface area (Å²) < 4.78 is 11.1. The zero-order valence-electron chi connectivity index (χ0n) is 30.1. The first kappa shape index (κ1) is 31.9. The molecule has 0 N–H and O–H groups in total. The van der Waals surface area contributed by atoms with Crippen LogP contribution in [0.2, 0.25) is 0 Å². The number of fused-ring (bicyclic) bond motifs is 9. The number of pyridine rings is 3.